The molecule has 3 aliphatic rings. The molecule has 0 amide bonds. The van der Waals surface area contributed by atoms with Gasteiger partial charge < -0.3 is 0 Å². The topological polar surface area (TPSA) is 15.6 Å². The summed E-state index contributed by atoms with van der Waals surface area (Å²) in [6.45, 7) is 5.64. The SMILES string of the molecule is CC(C)N1C2CCC1C1=C(CN=C1)C2. The largest absolute Gasteiger partial charge is 0.291 e. The smallest absolute Gasteiger partial charge is 0.0607 e. The van der Waals surface area contributed by atoms with E-state index in [0.717, 1.165) is 12.6 Å². The fourth-order valence-corrected chi connectivity index (χ4v) is 3.43. The molecule has 0 radical (unpaired) electrons. The Bertz CT molecular complexity index is 314. The molecule has 0 aromatic carbocycles. The molecule has 0 aromatic rings. The minimum Gasteiger partial charge on any atom is -0.291 e. The number of rotatable bonds is 1. The fraction of sp³-hybridized carbons (Fsp3) is 0.750. The fourth-order valence-electron chi connectivity index (χ4n) is 3.43. The predicted molar refractivity (Wildman–Crippen MR) is 58.8 cm³/mol. The summed E-state index contributed by atoms with van der Waals surface area (Å²) in [7, 11) is 0. The van der Waals surface area contributed by atoms with Crippen molar-refractivity contribution in [1.82, 2.24) is 4.90 Å². The van der Waals surface area contributed by atoms with E-state index in [1.807, 2.05) is 0 Å². The van der Waals surface area contributed by atoms with Gasteiger partial charge in [0.1, 0.15) is 0 Å². The van der Waals surface area contributed by atoms with Gasteiger partial charge in [-0.3, -0.25) is 9.89 Å². The van der Waals surface area contributed by atoms with Crippen molar-refractivity contribution in [3.63, 3.8) is 0 Å². The van der Waals surface area contributed by atoms with Crippen LogP contribution in [0.25, 0.3) is 0 Å². The van der Waals surface area contributed by atoms with Crippen LogP contribution in [0.4, 0.5) is 0 Å². The van der Waals surface area contributed by atoms with Gasteiger partial charge in [0.2, 0.25) is 0 Å². The van der Waals surface area contributed by atoms with Gasteiger partial charge in [0.15, 0.2) is 0 Å². The summed E-state index contributed by atoms with van der Waals surface area (Å²) < 4.78 is 0. The Morgan fingerprint density at radius 3 is 3.07 bits per heavy atom. The lowest BCUT2D eigenvalue weighted by Gasteiger charge is -2.38. The molecule has 3 heterocycles. The average molecular weight is 190 g/mol. The van der Waals surface area contributed by atoms with Crippen LogP contribution in [0.2, 0.25) is 0 Å². The molecule has 1 fully saturated rings. The minimum atomic E-state index is 0.690. The number of fused-ring (bicyclic) bond motifs is 3. The Labute approximate surface area is 85.7 Å². The van der Waals surface area contributed by atoms with Crippen LogP contribution < -0.4 is 0 Å². The van der Waals surface area contributed by atoms with Crippen molar-refractivity contribution in [1.29, 1.82) is 0 Å². The zero-order valence-corrected chi connectivity index (χ0v) is 9.03. The summed E-state index contributed by atoms with van der Waals surface area (Å²) >= 11 is 0. The molecule has 14 heavy (non-hydrogen) atoms. The van der Waals surface area contributed by atoms with Crippen molar-refractivity contribution in [2.24, 2.45) is 4.99 Å². The van der Waals surface area contributed by atoms with E-state index in [9.17, 15) is 0 Å². The van der Waals surface area contributed by atoms with Crippen molar-refractivity contribution in [3.8, 4) is 0 Å². The first-order valence-corrected chi connectivity index (χ1v) is 5.76. The van der Waals surface area contributed by atoms with E-state index in [1.165, 1.54) is 19.3 Å². The second-order valence-electron chi connectivity index (χ2n) is 5.02. The molecule has 1 saturated heterocycles. The van der Waals surface area contributed by atoms with E-state index in [2.05, 4.69) is 30.0 Å². The monoisotopic (exact) mass is 190 g/mol. The predicted octanol–water partition coefficient (Wildman–Crippen LogP) is 2.01. The van der Waals surface area contributed by atoms with E-state index in [1.54, 1.807) is 11.1 Å². The van der Waals surface area contributed by atoms with Crippen molar-refractivity contribution < 1.29 is 0 Å². The molecular weight excluding hydrogens is 172 g/mol. The molecule has 2 nitrogen and oxygen atoms in total. The van der Waals surface area contributed by atoms with Crippen LogP contribution >= 0.6 is 0 Å². The Morgan fingerprint density at radius 2 is 2.29 bits per heavy atom. The van der Waals surface area contributed by atoms with Crippen molar-refractivity contribution >= 4 is 6.21 Å². The highest BCUT2D eigenvalue weighted by Gasteiger charge is 2.42. The molecule has 0 aromatic heterocycles. The summed E-state index contributed by atoms with van der Waals surface area (Å²) in [5.74, 6) is 0. The van der Waals surface area contributed by atoms with Gasteiger partial charge in [-0.05, 0) is 44.3 Å². The molecule has 2 bridgehead atoms. The second kappa shape index (κ2) is 2.93. The lowest BCUT2D eigenvalue weighted by atomic mass is 9.94. The van der Waals surface area contributed by atoms with Crippen LogP contribution in [-0.2, 0) is 0 Å². The van der Waals surface area contributed by atoms with Crippen LogP contribution in [0.1, 0.15) is 33.1 Å². The third-order valence-corrected chi connectivity index (χ3v) is 3.91. The highest BCUT2D eigenvalue weighted by molar-refractivity contribution is 5.85. The first-order chi connectivity index (χ1) is 6.77. The van der Waals surface area contributed by atoms with E-state index in [-0.39, 0.29) is 0 Å². The average Bonchev–Trinajstić information content (AvgIpc) is 2.71. The lowest BCUT2D eigenvalue weighted by Crippen LogP contribution is -2.45. The number of nitrogens with zero attached hydrogens (tertiary/aromatic N) is 2. The maximum atomic E-state index is 4.41. The highest BCUT2D eigenvalue weighted by Crippen LogP contribution is 2.41. The van der Waals surface area contributed by atoms with Gasteiger partial charge in [0.25, 0.3) is 0 Å². The molecule has 3 rings (SSSR count). The Hall–Kier alpha value is -0.630. The summed E-state index contributed by atoms with van der Waals surface area (Å²) in [5, 5.41) is 0. The maximum absolute atomic E-state index is 4.41. The Balaban J connectivity index is 1.97. The normalized spacial score (nSPS) is 35.9. The third-order valence-electron chi connectivity index (χ3n) is 3.91. The van der Waals surface area contributed by atoms with Crippen LogP contribution in [0.3, 0.4) is 0 Å². The minimum absolute atomic E-state index is 0.690. The molecule has 76 valence electrons. The molecule has 3 aliphatic heterocycles. The molecule has 2 heteroatoms. The lowest BCUT2D eigenvalue weighted by molar-refractivity contribution is 0.156. The summed E-state index contributed by atoms with van der Waals surface area (Å²) in [5.41, 5.74) is 3.20. The second-order valence-corrected chi connectivity index (χ2v) is 5.02. The molecule has 0 spiro atoms. The Kier molecular flexibility index (Phi) is 1.81. The third kappa shape index (κ3) is 1.04. The maximum Gasteiger partial charge on any atom is 0.0607 e. The first kappa shape index (κ1) is 8.66. The molecule has 2 unspecified atom stereocenters. The van der Waals surface area contributed by atoms with E-state index >= 15 is 0 Å². The van der Waals surface area contributed by atoms with Crippen LogP contribution in [-0.4, -0.2) is 35.8 Å². The molecule has 0 aliphatic carbocycles. The van der Waals surface area contributed by atoms with Gasteiger partial charge in [-0.2, -0.15) is 0 Å². The van der Waals surface area contributed by atoms with Gasteiger partial charge in [0.05, 0.1) is 6.54 Å². The van der Waals surface area contributed by atoms with Crippen LogP contribution in [0.5, 0.6) is 0 Å². The van der Waals surface area contributed by atoms with Gasteiger partial charge >= 0.3 is 0 Å². The summed E-state index contributed by atoms with van der Waals surface area (Å²) in [4.78, 5) is 7.12. The number of hydrogen-bond donors (Lipinski definition) is 0. The zero-order valence-electron chi connectivity index (χ0n) is 9.03. The molecule has 0 saturated carbocycles. The van der Waals surface area contributed by atoms with Crippen molar-refractivity contribution in [2.75, 3.05) is 6.54 Å². The van der Waals surface area contributed by atoms with E-state index < -0.39 is 0 Å². The summed E-state index contributed by atoms with van der Waals surface area (Å²) in [6, 6.07) is 2.21. The van der Waals surface area contributed by atoms with Crippen molar-refractivity contribution in [2.45, 2.75) is 51.2 Å². The van der Waals surface area contributed by atoms with Crippen LogP contribution in [0.15, 0.2) is 16.1 Å². The molecular formula is C12H18N2. The quantitative estimate of drug-likeness (QED) is 0.617. The van der Waals surface area contributed by atoms with Gasteiger partial charge in [-0.15, -0.1) is 0 Å². The molecule has 0 N–H and O–H groups in total. The first-order valence-electron chi connectivity index (χ1n) is 5.76. The zero-order chi connectivity index (χ0) is 9.71. The highest BCUT2D eigenvalue weighted by atomic mass is 15.2. The van der Waals surface area contributed by atoms with Crippen LogP contribution in [0, 0.1) is 0 Å². The number of hydrogen-bond acceptors (Lipinski definition) is 2. The summed E-state index contributed by atoms with van der Waals surface area (Å²) in [6.07, 6.45) is 6.16. The van der Waals surface area contributed by atoms with Crippen molar-refractivity contribution in [3.05, 3.63) is 11.1 Å². The van der Waals surface area contributed by atoms with Gasteiger partial charge in [-0.25, -0.2) is 0 Å². The standard InChI is InChI=1S/C12H18N2/c1-8(2)14-10-3-4-12(14)11-7-13-6-9(11)5-10/h7-8,10,12H,3-6H2,1-2H3. The van der Waals surface area contributed by atoms with Gasteiger partial charge in [-0.1, -0.05) is 0 Å². The van der Waals surface area contributed by atoms with E-state index in [0.29, 0.717) is 12.1 Å². The van der Waals surface area contributed by atoms with E-state index in [4.69, 9.17) is 0 Å². The van der Waals surface area contributed by atoms with Gasteiger partial charge in [0, 0.05) is 24.3 Å². The molecule has 2 atom stereocenters. The Morgan fingerprint density at radius 1 is 1.43 bits per heavy atom. The number of aliphatic imine (C=N–C) groups is 1.